The van der Waals surface area contributed by atoms with Gasteiger partial charge in [-0.3, -0.25) is 0 Å². The normalized spacial score (nSPS) is 22.0. The van der Waals surface area contributed by atoms with Gasteiger partial charge in [0.15, 0.2) is 0 Å². The smallest absolute Gasteiger partial charge is 0.225 e. The molecule has 0 spiro atoms. The van der Waals surface area contributed by atoms with Gasteiger partial charge in [-0.25, -0.2) is 9.97 Å². The molecule has 1 N–H and O–H groups in total. The number of nitrogens with one attached hydrogen (secondary N) is 1. The molecule has 17 heavy (non-hydrogen) atoms. The second kappa shape index (κ2) is 5.00. The van der Waals surface area contributed by atoms with E-state index in [9.17, 15) is 0 Å². The van der Waals surface area contributed by atoms with Crippen LogP contribution in [0.25, 0.3) is 0 Å². The van der Waals surface area contributed by atoms with Crippen molar-refractivity contribution in [2.24, 2.45) is 0 Å². The third-order valence-corrected chi connectivity index (χ3v) is 3.84. The van der Waals surface area contributed by atoms with Crippen LogP contribution in [-0.4, -0.2) is 36.1 Å². The van der Waals surface area contributed by atoms with Crippen LogP contribution >= 0.6 is 0 Å². The Morgan fingerprint density at radius 2 is 1.94 bits per heavy atom. The Bertz CT molecular complexity index is 367. The van der Waals surface area contributed by atoms with Crippen molar-refractivity contribution in [1.29, 1.82) is 0 Å². The van der Waals surface area contributed by atoms with Crippen LogP contribution in [0.2, 0.25) is 0 Å². The van der Waals surface area contributed by atoms with E-state index in [4.69, 9.17) is 4.98 Å². The summed E-state index contributed by atoms with van der Waals surface area (Å²) in [6.07, 6.45) is 7.25. The summed E-state index contributed by atoms with van der Waals surface area (Å²) in [5.74, 6) is 1.61. The molecule has 2 fully saturated rings. The predicted molar refractivity (Wildman–Crippen MR) is 68.3 cm³/mol. The number of hydrogen-bond acceptors (Lipinski definition) is 4. The first kappa shape index (κ1) is 11.0. The summed E-state index contributed by atoms with van der Waals surface area (Å²) < 4.78 is 0. The Hall–Kier alpha value is -1.16. The van der Waals surface area contributed by atoms with Gasteiger partial charge < -0.3 is 10.2 Å². The molecule has 0 aromatic carbocycles. The van der Waals surface area contributed by atoms with Crippen LogP contribution in [-0.2, 0) is 0 Å². The zero-order chi connectivity index (χ0) is 11.5. The summed E-state index contributed by atoms with van der Waals surface area (Å²) >= 11 is 0. The van der Waals surface area contributed by atoms with Crippen LogP contribution in [0.5, 0.6) is 0 Å². The molecule has 2 heterocycles. The van der Waals surface area contributed by atoms with Gasteiger partial charge in [-0.15, -0.1) is 0 Å². The molecule has 0 radical (unpaired) electrons. The van der Waals surface area contributed by atoms with Gasteiger partial charge in [0, 0.05) is 44.0 Å². The molecule has 1 aromatic heterocycles. The fourth-order valence-corrected chi connectivity index (χ4v) is 2.83. The van der Waals surface area contributed by atoms with E-state index >= 15 is 0 Å². The highest BCUT2D eigenvalue weighted by Gasteiger charge is 2.20. The lowest BCUT2D eigenvalue weighted by Gasteiger charge is -2.27. The minimum atomic E-state index is 0.680. The average molecular weight is 232 g/mol. The standard InChI is InChI=1S/C13H20N4/c1-2-4-11(3-1)12-5-6-15-13(16-12)17-9-7-14-8-10-17/h5-6,11,14H,1-4,7-10H2. The monoisotopic (exact) mass is 232 g/mol. The van der Waals surface area contributed by atoms with E-state index < -0.39 is 0 Å². The van der Waals surface area contributed by atoms with Crippen LogP contribution in [0.15, 0.2) is 12.3 Å². The molecule has 92 valence electrons. The molecule has 0 unspecified atom stereocenters. The van der Waals surface area contributed by atoms with Gasteiger partial charge in [-0.2, -0.15) is 0 Å². The lowest BCUT2D eigenvalue weighted by molar-refractivity contribution is 0.576. The van der Waals surface area contributed by atoms with E-state index in [2.05, 4.69) is 21.3 Å². The van der Waals surface area contributed by atoms with Crippen LogP contribution in [0, 0.1) is 0 Å². The number of hydrogen-bond donors (Lipinski definition) is 1. The van der Waals surface area contributed by atoms with E-state index in [-0.39, 0.29) is 0 Å². The molecular formula is C13H20N4. The van der Waals surface area contributed by atoms with Gasteiger partial charge in [0.05, 0.1) is 0 Å². The first-order valence-electron chi connectivity index (χ1n) is 6.72. The van der Waals surface area contributed by atoms with Gasteiger partial charge in [0.25, 0.3) is 0 Å². The number of anilines is 1. The molecule has 4 heteroatoms. The first-order chi connectivity index (χ1) is 8.43. The van der Waals surface area contributed by atoms with Crippen LogP contribution < -0.4 is 10.2 Å². The lowest BCUT2D eigenvalue weighted by atomic mass is 10.0. The predicted octanol–water partition coefficient (Wildman–Crippen LogP) is 1.54. The third kappa shape index (κ3) is 2.41. The van der Waals surface area contributed by atoms with E-state index in [0.29, 0.717) is 5.92 Å². The molecule has 4 nitrogen and oxygen atoms in total. The molecule has 3 rings (SSSR count). The van der Waals surface area contributed by atoms with Gasteiger partial charge >= 0.3 is 0 Å². The van der Waals surface area contributed by atoms with Crippen LogP contribution in [0.3, 0.4) is 0 Å². The molecule has 1 aliphatic carbocycles. The Labute approximate surface area is 102 Å². The first-order valence-corrected chi connectivity index (χ1v) is 6.72. The SMILES string of the molecule is c1cc(C2CCCC2)nc(N2CCNCC2)n1. The number of aromatic nitrogens is 2. The maximum atomic E-state index is 4.77. The fraction of sp³-hybridized carbons (Fsp3) is 0.692. The second-order valence-corrected chi connectivity index (χ2v) is 5.00. The quantitative estimate of drug-likeness (QED) is 0.840. The summed E-state index contributed by atoms with van der Waals surface area (Å²) in [6.45, 7) is 4.12. The van der Waals surface area contributed by atoms with E-state index in [1.807, 2.05) is 6.20 Å². The van der Waals surface area contributed by atoms with Crippen molar-refractivity contribution in [2.45, 2.75) is 31.6 Å². The highest BCUT2D eigenvalue weighted by molar-refractivity contribution is 5.32. The molecule has 1 aliphatic heterocycles. The molecule has 0 amide bonds. The largest absolute Gasteiger partial charge is 0.338 e. The molecular weight excluding hydrogens is 212 g/mol. The van der Waals surface area contributed by atoms with Crippen LogP contribution in [0.4, 0.5) is 5.95 Å². The Morgan fingerprint density at radius 1 is 1.18 bits per heavy atom. The van der Waals surface area contributed by atoms with Crippen molar-refractivity contribution in [3.8, 4) is 0 Å². The van der Waals surface area contributed by atoms with Gasteiger partial charge in [0.1, 0.15) is 0 Å². The van der Waals surface area contributed by atoms with Gasteiger partial charge in [0.2, 0.25) is 5.95 Å². The zero-order valence-corrected chi connectivity index (χ0v) is 10.2. The van der Waals surface area contributed by atoms with E-state index in [1.165, 1.54) is 31.4 Å². The van der Waals surface area contributed by atoms with Gasteiger partial charge in [-0.1, -0.05) is 12.8 Å². The molecule has 1 saturated carbocycles. The minimum absolute atomic E-state index is 0.680. The summed E-state index contributed by atoms with van der Waals surface area (Å²) in [5.41, 5.74) is 1.26. The van der Waals surface area contributed by atoms with Crippen LogP contribution in [0.1, 0.15) is 37.3 Å². The summed E-state index contributed by atoms with van der Waals surface area (Å²) in [4.78, 5) is 11.5. The minimum Gasteiger partial charge on any atom is -0.338 e. The van der Waals surface area contributed by atoms with Crippen molar-refractivity contribution >= 4 is 5.95 Å². The Morgan fingerprint density at radius 3 is 2.71 bits per heavy atom. The summed E-state index contributed by atoms with van der Waals surface area (Å²) in [5, 5.41) is 3.36. The summed E-state index contributed by atoms with van der Waals surface area (Å²) in [7, 11) is 0. The second-order valence-electron chi connectivity index (χ2n) is 5.00. The highest BCUT2D eigenvalue weighted by atomic mass is 15.3. The number of piperazine rings is 1. The number of rotatable bonds is 2. The Balaban J connectivity index is 1.77. The Kier molecular flexibility index (Phi) is 3.22. The summed E-state index contributed by atoms with van der Waals surface area (Å²) in [6, 6.07) is 2.10. The van der Waals surface area contributed by atoms with Crippen molar-refractivity contribution in [2.75, 3.05) is 31.1 Å². The molecule has 0 bridgehead atoms. The van der Waals surface area contributed by atoms with Crippen molar-refractivity contribution < 1.29 is 0 Å². The maximum Gasteiger partial charge on any atom is 0.225 e. The van der Waals surface area contributed by atoms with Crippen molar-refractivity contribution in [3.63, 3.8) is 0 Å². The van der Waals surface area contributed by atoms with Crippen molar-refractivity contribution in [3.05, 3.63) is 18.0 Å². The van der Waals surface area contributed by atoms with Crippen molar-refractivity contribution in [1.82, 2.24) is 15.3 Å². The zero-order valence-electron chi connectivity index (χ0n) is 10.2. The highest BCUT2D eigenvalue weighted by Crippen LogP contribution is 2.33. The van der Waals surface area contributed by atoms with E-state index in [0.717, 1.165) is 32.1 Å². The third-order valence-electron chi connectivity index (χ3n) is 3.84. The molecule has 1 saturated heterocycles. The maximum absolute atomic E-state index is 4.77. The molecule has 1 aromatic rings. The molecule has 2 aliphatic rings. The van der Waals surface area contributed by atoms with E-state index in [1.54, 1.807) is 0 Å². The topological polar surface area (TPSA) is 41.1 Å². The number of nitrogens with zero attached hydrogens (tertiary/aromatic N) is 3. The van der Waals surface area contributed by atoms with Gasteiger partial charge in [-0.05, 0) is 18.9 Å². The lowest BCUT2D eigenvalue weighted by Crippen LogP contribution is -2.44. The average Bonchev–Trinajstić information content (AvgIpc) is 2.94. The molecule has 0 atom stereocenters. The fourth-order valence-electron chi connectivity index (χ4n) is 2.83.